The van der Waals surface area contributed by atoms with Crippen LogP contribution >= 0.6 is 15.9 Å². The van der Waals surface area contributed by atoms with E-state index in [2.05, 4.69) is 15.9 Å². The molecule has 1 aromatic rings. The zero-order chi connectivity index (χ0) is 11.8. The Morgan fingerprint density at radius 3 is 2.27 bits per heavy atom. The van der Waals surface area contributed by atoms with E-state index in [1.807, 2.05) is 0 Å². The van der Waals surface area contributed by atoms with Gasteiger partial charge in [0.1, 0.15) is 5.82 Å². The Balaban J connectivity index is 3.36. The van der Waals surface area contributed by atoms with E-state index >= 15 is 0 Å². The highest BCUT2D eigenvalue weighted by atomic mass is 79.9. The molecule has 84 valence electrons. The first kappa shape index (κ1) is 12.4. The molecule has 1 rings (SSSR count). The zero-order valence-corrected chi connectivity index (χ0v) is 9.29. The molecule has 0 spiro atoms. The molecule has 1 atom stereocenters. The van der Waals surface area contributed by atoms with Crippen LogP contribution in [0.5, 0.6) is 0 Å². The molecule has 0 aliphatic carbocycles. The van der Waals surface area contributed by atoms with E-state index in [1.54, 1.807) is 0 Å². The number of hydrogen-bond acceptors (Lipinski definition) is 1. The Bertz CT molecular complexity index is 373. The molecule has 15 heavy (non-hydrogen) atoms. The van der Waals surface area contributed by atoms with Crippen LogP contribution in [0.3, 0.4) is 0 Å². The Hall–Kier alpha value is -0.620. The van der Waals surface area contributed by atoms with Crippen LogP contribution in [0.4, 0.5) is 17.6 Å². The van der Waals surface area contributed by atoms with Gasteiger partial charge in [0.15, 0.2) is 0 Å². The van der Waals surface area contributed by atoms with Gasteiger partial charge < -0.3 is 5.73 Å². The third kappa shape index (κ3) is 2.69. The molecule has 2 N–H and O–H groups in total. The van der Waals surface area contributed by atoms with Gasteiger partial charge in [-0.2, -0.15) is 13.2 Å². The average Bonchev–Trinajstić information content (AvgIpc) is 2.06. The lowest BCUT2D eigenvalue weighted by atomic mass is 10.0. The van der Waals surface area contributed by atoms with Crippen molar-refractivity contribution in [3.63, 3.8) is 0 Å². The number of nitrogens with two attached hydrogens (primary N) is 1. The second-order valence-electron chi connectivity index (χ2n) is 3.15. The maximum atomic E-state index is 13.3. The van der Waals surface area contributed by atoms with Crippen LogP contribution in [0.15, 0.2) is 16.6 Å². The molecule has 1 nitrogen and oxygen atoms in total. The highest BCUT2D eigenvalue weighted by molar-refractivity contribution is 9.10. The predicted molar refractivity (Wildman–Crippen MR) is 51.7 cm³/mol. The van der Waals surface area contributed by atoms with Crippen LogP contribution in [0.25, 0.3) is 0 Å². The van der Waals surface area contributed by atoms with Crippen LogP contribution in [-0.4, -0.2) is 0 Å². The van der Waals surface area contributed by atoms with E-state index in [9.17, 15) is 17.6 Å². The summed E-state index contributed by atoms with van der Waals surface area (Å²) in [5, 5.41) is 0. The van der Waals surface area contributed by atoms with Gasteiger partial charge >= 0.3 is 6.18 Å². The molecule has 0 aromatic heterocycles. The van der Waals surface area contributed by atoms with E-state index in [0.29, 0.717) is 6.07 Å². The van der Waals surface area contributed by atoms with E-state index in [-0.39, 0.29) is 10.0 Å². The van der Waals surface area contributed by atoms with Crippen LogP contribution in [0.2, 0.25) is 0 Å². The van der Waals surface area contributed by atoms with Crippen molar-refractivity contribution in [2.75, 3.05) is 0 Å². The first-order valence-electron chi connectivity index (χ1n) is 4.05. The lowest BCUT2D eigenvalue weighted by Gasteiger charge is -2.13. The van der Waals surface area contributed by atoms with E-state index in [4.69, 9.17) is 5.73 Å². The summed E-state index contributed by atoms with van der Waals surface area (Å²) in [6.45, 7) is 1.42. The van der Waals surface area contributed by atoms with Crippen molar-refractivity contribution in [1.82, 2.24) is 0 Å². The largest absolute Gasteiger partial charge is 0.416 e. The standard InChI is InChI=1S/C9H8BrF4N/c1-4(15)6-2-5(9(12,13)14)3-7(10)8(6)11/h2-4H,15H2,1H3/t4-/m1/s1. The molecule has 0 amide bonds. The minimum absolute atomic E-state index is 0.156. The van der Waals surface area contributed by atoms with Gasteiger partial charge in [0, 0.05) is 11.6 Å². The number of rotatable bonds is 1. The summed E-state index contributed by atoms with van der Waals surface area (Å²) in [7, 11) is 0. The minimum Gasteiger partial charge on any atom is -0.324 e. The van der Waals surface area contributed by atoms with Crippen molar-refractivity contribution in [3.8, 4) is 0 Å². The first-order valence-corrected chi connectivity index (χ1v) is 4.84. The minimum atomic E-state index is -4.50. The fourth-order valence-electron chi connectivity index (χ4n) is 1.11. The van der Waals surface area contributed by atoms with Crippen LogP contribution in [-0.2, 0) is 6.18 Å². The molecule has 0 fully saturated rings. The summed E-state index contributed by atoms with van der Waals surface area (Å²) >= 11 is 2.73. The van der Waals surface area contributed by atoms with Crippen molar-refractivity contribution in [1.29, 1.82) is 0 Å². The molecule has 0 radical (unpaired) electrons. The molecule has 0 unspecified atom stereocenters. The first-order chi connectivity index (χ1) is 6.73. The van der Waals surface area contributed by atoms with Crippen LogP contribution < -0.4 is 5.73 Å². The lowest BCUT2D eigenvalue weighted by Crippen LogP contribution is -2.12. The van der Waals surface area contributed by atoms with Crippen LogP contribution in [0.1, 0.15) is 24.1 Å². The summed E-state index contributed by atoms with van der Waals surface area (Å²) in [5.74, 6) is -0.752. The van der Waals surface area contributed by atoms with Gasteiger partial charge in [0.2, 0.25) is 0 Å². The number of halogens is 5. The van der Waals surface area contributed by atoms with Gasteiger partial charge in [-0.3, -0.25) is 0 Å². The van der Waals surface area contributed by atoms with Crippen LogP contribution in [0, 0.1) is 5.82 Å². The van der Waals surface area contributed by atoms with Crippen molar-refractivity contribution in [3.05, 3.63) is 33.5 Å². The Kier molecular flexibility index (Phi) is 3.40. The molecule has 6 heteroatoms. The summed E-state index contributed by atoms with van der Waals surface area (Å²) in [4.78, 5) is 0. The molecule has 0 heterocycles. The highest BCUT2D eigenvalue weighted by Gasteiger charge is 2.32. The second-order valence-corrected chi connectivity index (χ2v) is 4.00. The summed E-state index contributed by atoms with van der Waals surface area (Å²) < 4.78 is 50.2. The Morgan fingerprint density at radius 2 is 1.87 bits per heavy atom. The summed E-state index contributed by atoms with van der Waals surface area (Å²) in [6.07, 6.45) is -4.50. The summed E-state index contributed by atoms with van der Waals surface area (Å²) in [5.41, 5.74) is 4.30. The molecule has 0 bridgehead atoms. The maximum Gasteiger partial charge on any atom is 0.416 e. The third-order valence-electron chi connectivity index (χ3n) is 1.87. The number of alkyl halides is 3. The quantitative estimate of drug-likeness (QED) is 0.784. The topological polar surface area (TPSA) is 26.0 Å². The molecular formula is C9H8BrF4N. The number of benzene rings is 1. The van der Waals surface area contributed by atoms with E-state index in [1.165, 1.54) is 6.92 Å². The highest BCUT2D eigenvalue weighted by Crippen LogP contribution is 2.34. The van der Waals surface area contributed by atoms with Gasteiger partial charge in [0.05, 0.1) is 10.0 Å². The predicted octanol–water partition coefficient (Wildman–Crippen LogP) is 3.63. The Labute approximate surface area is 92.4 Å². The second kappa shape index (κ2) is 4.09. The average molecular weight is 286 g/mol. The monoisotopic (exact) mass is 285 g/mol. The number of hydrogen-bond donors (Lipinski definition) is 1. The van der Waals surface area contributed by atoms with Crippen molar-refractivity contribution in [2.24, 2.45) is 5.73 Å². The molecule has 0 aliphatic heterocycles. The van der Waals surface area contributed by atoms with Crippen molar-refractivity contribution < 1.29 is 17.6 Å². The van der Waals surface area contributed by atoms with Gasteiger partial charge in [-0.05, 0) is 35.0 Å². The Morgan fingerprint density at radius 1 is 1.33 bits per heavy atom. The normalized spacial score (nSPS) is 14.1. The molecule has 0 saturated carbocycles. The fourth-order valence-corrected chi connectivity index (χ4v) is 1.58. The van der Waals surface area contributed by atoms with E-state index < -0.39 is 23.6 Å². The van der Waals surface area contributed by atoms with Crippen molar-refractivity contribution in [2.45, 2.75) is 19.1 Å². The van der Waals surface area contributed by atoms with Crippen molar-refractivity contribution >= 4 is 15.9 Å². The molecule has 0 saturated heterocycles. The molecule has 1 aromatic carbocycles. The van der Waals surface area contributed by atoms with E-state index in [0.717, 1.165) is 6.07 Å². The lowest BCUT2D eigenvalue weighted by molar-refractivity contribution is -0.137. The smallest absolute Gasteiger partial charge is 0.324 e. The molecular weight excluding hydrogens is 278 g/mol. The SMILES string of the molecule is C[C@@H](N)c1cc(C(F)(F)F)cc(Br)c1F. The van der Waals surface area contributed by atoms with Gasteiger partial charge in [-0.15, -0.1) is 0 Å². The third-order valence-corrected chi connectivity index (χ3v) is 2.45. The summed E-state index contributed by atoms with van der Waals surface area (Å²) in [6, 6.07) is 0.634. The fraction of sp³-hybridized carbons (Fsp3) is 0.333. The van der Waals surface area contributed by atoms with Gasteiger partial charge in [-0.25, -0.2) is 4.39 Å². The zero-order valence-electron chi connectivity index (χ0n) is 7.70. The molecule has 0 aliphatic rings. The van der Waals surface area contributed by atoms with Gasteiger partial charge in [-0.1, -0.05) is 0 Å². The maximum absolute atomic E-state index is 13.3. The van der Waals surface area contributed by atoms with Gasteiger partial charge in [0.25, 0.3) is 0 Å².